The lowest BCUT2D eigenvalue weighted by Crippen LogP contribution is -2.33. The average Bonchev–Trinajstić information content (AvgIpc) is 2.77. The van der Waals surface area contributed by atoms with Crippen LogP contribution in [0.1, 0.15) is 17.3 Å². The summed E-state index contributed by atoms with van der Waals surface area (Å²) in [6.07, 6.45) is 1.69. The number of carbonyl (C=O) groups is 1. The molecule has 2 aromatic carbocycles. The van der Waals surface area contributed by atoms with Crippen molar-refractivity contribution >= 4 is 16.9 Å². The lowest BCUT2D eigenvalue weighted by Gasteiger charge is -2.19. The highest BCUT2D eigenvalue weighted by atomic mass is 16.5. The maximum Gasteiger partial charge on any atom is 0.336 e. The van der Waals surface area contributed by atoms with E-state index in [1.165, 1.54) is 6.07 Å². The third-order valence-corrected chi connectivity index (χ3v) is 4.39. The maximum absolute atomic E-state index is 12.6. The lowest BCUT2D eigenvalue weighted by atomic mass is 10.0. The average molecular weight is 386 g/mol. The lowest BCUT2D eigenvalue weighted by molar-refractivity contribution is -0.123. The number of pyridine rings is 1. The van der Waals surface area contributed by atoms with Gasteiger partial charge in [-0.05, 0) is 35.9 Å². The van der Waals surface area contributed by atoms with Crippen molar-refractivity contribution in [3.05, 3.63) is 107 Å². The van der Waals surface area contributed by atoms with Crippen molar-refractivity contribution in [2.24, 2.45) is 0 Å². The fourth-order valence-corrected chi connectivity index (χ4v) is 3.00. The molecule has 0 spiro atoms. The third kappa shape index (κ3) is 4.50. The van der Waals surface area contributed by atoms with Crippen molar-refractivity contribution in [1.29, 1.82) is 0 Å². The molecule has 1 unspecified atom stereocenters. The minimum absolute atomic E-state index is 0.182. The zero-order valence-corrected chi connectivity index (χ0v) is 15.4. The van der Waals surface area contributed by atoms with Crippen molar-refractivity contribution in [1.82, 2.24) is 10.3 Å². The summed E-state index contributed by atoms with van der Waals surface area (Å²) < 4.78 is 10.7. The van der Waals surface area contributed by atoms with Crippen LogP contribution in [0.5, 0.6) is 5.75 Å². The summed E-state index contributed by atoms with van der Waals surface area (Å²) in [6.45, 7) is -0.182. The molecule has 2 aromatic heterocycles. The molecule has 1 N–H and O–H groups in total. The fraction of sp³-hybridized carbons (Fsp3) is 0.0870. The second-order valence-corrected chi connectivity index (χ2v) is 6.41. The molecule has 0 aliphatic carbocycles. The van der Waals surface area contributed by atoms with Gasteiger partial charge in [0.2, 0.25) is 0 Å². The van der Waals surface area contributed by atoms with Crippen LogP contribution in [0.4, 0.5) is 0 Å². The molecule has 1 atom stereocenters. The minimum Gasteiger partial charge on any atom is -0.484 e. The first kappa shape index (κ1) is 18.4. The predicted octanol–water partition coefficient (Wildman–Crippen LogP) is 3.47. The van der Waals surface area contributed by atoms with Gasteiger partial charge in [-0.3, -0.25) is 9.78 Å². The maximum atomic E-state index is 12.6. The molecule has 0 bridgehead atoms. The van der Waals surface area contributed by atoms with Gasteiger partial charge >= 0.3 is 5.63 Å². The van der Waals surface area contributed by atoms with E-state index >= 15 is 0 Å². The van der Waals surface area contributed by atoms with Crippen molar-refractivity contribution in [2.45, 2.75) is 6.04 Å². The van der Waals surface area contributed by atoms with Gasteiger partial charge in [0.1, 0.15) is 11.3 Å². The van der Waals surface area contributed by atoms with Gasteiger partial charge in [-0.2, -0.15) is 0 Å². The summed E-state index contributed by atoms with van der Waals surface area (Å²) in [5.41, 5.74) is 1.63. The van der Waals surface area contributed by atoms with Crippen LogP contribution in [0.15, 0.2) is 94.3 Å². The summed E-state index contributed by atoms with van der Waals surface area (Å²) >= 11 is 0. The number of rotatable bonds is 6. The molecule has 0 radical (unpaired) electrons. The first-order valence-electron chi connectivity index (χ1n) is 9.11. The van der Waals surface area contributed by atoms with Crippen LogP contribution in [-0.2, 0) is 4.79 Å². The molecule has 2 heterocycles. The summed E-state index contributed by atoms with van der Waals surface area (Å²) in [5, 5.41) is 3.74. The van der Waals surface area contributed by atoms with E-state index in [-0.39, 0.29) is 18.6 Å². The number of hydrogen-bond acceptors (Lipinski definition) is 5. The Morgan fingerprint density at radius 2 is 1.79 bits per heavy atom. The summed E-state index contributed by atoms with van der Waals surface area (Å²) in [5.74, 6) is 0.148. The van der Waals surface area contributed by atoms with Crippen LogP contribution in [0, 0.1) is 0 Å². The third-order valence-electron chi connectivity index (χ3n) is 4.39. The van der Waals surface area contributed by atoms with E-state index in [4.69, 9.17) is 9.15 Å². The second kappa shape index (κ2) is 8.39. The molecule has 0 aliphatic rings. The molecule has 0 saturated heterocycles. The standard InChI is InChI=1S/C23H18N2O4/c26-21(15-28-18-11-9-16-10-12-22(27)29-20(16)14-18)25-23(17-6-2-1-3-7-17)19-8-4-5-13-24-19/h1-14,23H,15H2,(H,25,26). The van der Waals surface area contributed by atoms with Crippen LogP contribution in [0.3, 0.4) is 0 Å². The van der Waals surface area contributed by atoms with Crippen LogP contribution in [0.2, 0.25) is 0 Å². The summed E-state index contributed by atoms with van der Waals surface area (Å²) in [6, 6.07) is 22.9. The summed E-state index contributed by atoms with van der Waals surface area (Å²) in [4.78, 5) is 28.3. The van der Waals surface area contributed by atoms with E-state index in [9.17, 15) is 9.59 Å². The molecule has 144 valence electrons. The quantitative estimate of drug-likeness (QED) is 0.513. The predicted molar refractivity (Wildman–Crippen MR) is 109 cm³/mol. The van der Waals surface area contributed by atoms with Gasteiger partial charge in [0.25, 0.3) is 5.91 Å². The molecule has 4 rings (SSSR count). The molecule has 4 aromatic rings. The van der Waals surface area contributed by atoms with Crippen LogP contribution in [0.25, 0.3) is 11.0 Å². The van der Waals surface area contributed by atoms with E-state index in [2.05, 4.69) is 10.3 Å². The normalized spacial score (nSPS) is 11.7. The SMILES string of the molecule is O=C(COc1ccc2ccc(=O)oc2c1)NC(c1ccccc1)c1ccccn1. The Kier molecular flexibility index (Phi) is 5.33. The number of ether oxygens (including phenoxy) is 1. The molecular formula is C23H18N2O4. The van der Waals surface area contributed by atoms with Gasteiger partial charge in [0.05, 0.1) is 11.7 Å². The number of hydrogen-bond donors (Lipinski definition) is 1. The Labute approximate surface area is 166 Å². The molecule has 6 heteroatoms. The molecular weight excluding hydrogens is 368 g/mol. The number of benzene rings is 2. The van der Waals surface area contributed by atoms with Gasteiger partial charge in [0.15, 0.2) is 6.61 Å². The molecule has 0 fully saturated rings. The monoisotopic (exact) mass is 386 g/mol. The molecule has 0 saturated carbocycles. The molecule has 29 heavy (non-hydrogen) atoms. The van der Waals surface area contributed by atoms with Crippen molar-refractivity contribution in [2.75, 3.05) is 6.61 Å². The van der Waals surface area contributed by atoms with Crippen molar-refractivity contribution in [3.8, 4) is 5.75 Å². The Balaban J connectivity index is 1.48. The first-order chi connectivity index (χ1) is 14.2. The van der Waals surface area contributed by atoms with Crippen molar-refractivity contribution < 1.29 is 13.9 Å². The van der Waals surface area contributed by atoms with Crippen molar-refractivity contribution in [3.63, 3.8) is 0 Å². The zero-order valence-electron chi connectivity index (χ0n) is 15.4. The number of amides is 1. The van der Waals surface area contributed by atoms with Gasteiger partial charge in [-0.25, -0.2) is 4.79 Å². The zero-order chi connectivity index (χ0) is 20.1. The van der Waals surface area contributed by atoms with Gasteiger partial charge in [-0.1, -0.05) is 36.4 Å². The fourth-order valence-electron chi connectivity index (χ4n) is 3.00. The number of nitrogens with one attached hydrogen (secondary N) is 1. The number of fused-ring (bicyclic) bond motifs is 1. The highest BCUT2D eigenvalue weighted by molar-refractivity contribution is 5.80. The Morgan fingerprint density at radius 1 is 1.00 bits per heavy atom. The highest BCUT2D eigenvalue weighted by Gasteiger charge is 2.18. The van der Waals surface area contributed by atoms with E-state index < -0.39 is 5.63 Å². The number of nitrogens with zero attached hydrogens (tertiary/aromatic N) is 1. The smallest absolute Gasteiger partial charge is 0.336 e. The van der Waals surface area contributed by atoms with Gasteiger partial charge in [0, 0.05) is 23.7 Å². The van der Waals surface area contributed by atoms with E-state index in [0.29, 0.717) is 11.3 Å². The van der Waals surface area contributed by atoms with Crippen LogP contribution >= 0.6 is 0 Å². The van der Waals surface area contributed by atoms with E-state index in [1.54, 1.807) is 30.5 Å². The largest absolute Gasteiger partial charge is 0.484 e. The van der Waals surface area contributed by atoms with Crippen LogP contribution in [-0.4, -0.2) is 17.5 Å². The second-order valence-electron chi connectivity index (χ2n) is 6.41. The topological polar surface area (TPSA) is 81.4 Å². The Hall–Kier alpha value is -3.93. The molecule has 6 nitrogen and oxygen atoms in total. The Bertz CT molecular complexity index is 1130. The van der Waals surface area contributed by atoms with E-state index in [0.717, 1.165) is 16.6 Å². The first-order valence-corrected chi connectivity index (χ1v) is 9.11. The van der Waals surface area contributed by atoms with E-state index in [1.807, 2.05) is 48.5 Å². The van der Waals surface area contributed by atoms with Gasteiger partial charge in [-0.15, -0.1) is 0 Å². The molecule has 0 aliphatic heterocycles. The Morgan fingerprint density at radius 3 is 2.59 bits per heavy atom. The van der Waals surface area contributed by atoms with Gasteiger partial charge < -0.3 is 14.5 Å². The minimum atomic E-state index is -0.437. The highest BCUT2D eigenvalue weighted by Crippen LogP contribution is 2.21. The molecule has 1 amide bonds. The summed E-state index contributed by atoms with van der Waals surface area (Å²) in [7, 11) is 0. The number of carbonyl (C=O) groups excluding carboxylic acids is 1. The van der Waals surface area contributed by atoms with Crippen LogP contribution < -0.4 is 15.7 Å². The number of aromatic nitrogens is 1.